The van der Waals surface area contributed by atoms with E-state index in [-0.39, 0.29) is 29.8 Å². The first-order chi connectivity index (χ1) is 18.3. The van der Waals surface area contributed by atoms with Crippen molar-refractivity contribution in [3.05, 3.63) is 67.9 Å². The largest absolute Gasteiger partial charge is 0.464 e. The molecule has 1 aromatic carbocycles. The second-order valence-corrected chi connectivity index (χ2v) is 12.4. The molecule has 0 saturated carbocycles. The molecule has 0 spiro atoms. The number of esters is 1. The topological polar surface area (TPSA) is 158 Å². The van der Waals surface area contributed by atoms with Gasteiger partial charge in [-0.15, -0.1) is 0 Å². The Kier molecular flexibility index (Phi) is 10.5. The van der Waals surface area contributed by atoms with Crippen LogP contribution in [0.25, 0.3) is 6.08 Å². The molecular formula is C25H33BrN3O9P. The Balaban J connectivity index is 1.74. The van der Waals surface area contributed by atoms with E-state index in [0.29, 0.717) is 0 Å². The molecule has 1 aliphatic rings. The summed E-state index contributed by atoms with van der Waals surface area (Å²) < 4.78 is 37.2. The number of H-pyrrole nitrogens is 1. The van der Waals surface area contributed by atoms with Gasteiger partial charge in [0.2, 0.25) is 0 Å². The number of nitrogens with one attached hydrogen (secondary N) is 2. The highest BCUT2D eigenvalue weighted by Crippen LogP contribution is 2.46. The van der Waals surface area contributed by atoms with Crippen LogP contribution in [0.3, 0.4) is 0 Å². The SMILES string of the molecule is C[C@H](NP(=O)(OCC1OC(n2cc(C=CBr)c(=O)[nH]c2=O)CC1O)Oc1ccccc1)C(=O)OCC(C)(C)C. The van der Waals surface area contributed by atoms with Crippen LogP contribution >= 0.6 is 23.7 Å². The van der Waals surface area contributed by atoms with E-state index < -0.39 is 56.0 Å². The number of para-hydroxylation sites is 1. The molecule has 39 heavy (non-hydrogen) atoms. The van der Waals surface area contributed by atoms with E-state index in [1.807, 2.05) is 20.8 Å². The van der Waals surface area contributed by atoms with Crippen molar-refractivity contribution in [3.63, 3.8) is 0 Å². The molecule has 1 fully saturated rings. The fraction of sp³-hybridized carbons (Fsp3) is 0.480. The minimum Gasteiger partial charge on any atom is -0.464 e. The fourth-order valence-electron chi connectivity index (χ4n) is 3.52. The minimum atomic E-state index is -4.19. The summed E-state index contributed by atoms with van der Waals surface area (Å²) in [4.78, 5) is 40.5. The van der Waals surface area contributed by atoms with E-state index in [1.165, 1.54) is 24.2 Å². The zero-order valence-corrected chi connectivity index (χ0v) is 24.5. The van der Waals surface area contributed by atoms with Crippen LogP contribution in [0.15, 0.2) is 51.1 Å². The van der Waals surface area contributed by atoms with Crippen LogP contribution < -0.4 is 20.9 Å². The molecule has 14 heteroatoms. The summed E-state index contributed by atoms with van der Waals surface area (Å²) in [6, 6.07) is 7.19. The average molecular weight is 630 g/mol. The third kappa shape index (κ3) is 8.99. The van der Waals surface area contributed by atoms with Crippen LogP contribution in [0.5, 0.6) is 5.75 Å². The summed E-state index contributed by atoms with van der Waals surface area (Å²) in [5.41, 5.74) is -1.36. The zero-order chi connectivity index (χ0) is 28.8. The van der Waals surface area contributed by atoms with Gasteiger partial charge >= 0.3 is 19.4 Å². The molecule has 2 heterocycles. The molecule has 3 rings (SSSR count). The van der Waals surface area contributed by atoms with Crippen molar-refractivity contribution in [1.29, 1.82) is 0 Å². The molecule has 2 aromatic rings. The Morgan fingerprint density at radius 3 is 2.67 bits per heavy atom. The van der Waals surface area contributed by atoms with Gasteiger partial charge in [-0.05, 0) is 35.5 Å². The summed E-state index contributed by atoms with van der Waals surface area (Å²) in [5, 5.41) is 13.2. The molecule has 4 unspecified atom stereocenters. The first-order valence-corrected chi connectivity index (χ1v) is 14.7. The number of hydrogen-bond acceptors (Lipinski definition) is 9. The lowest BCUT2D eigenvalue weighted by Crippen LogP contribution is -2.37. The fourth-order valence-corrected chi connectivity index (χ4v) is 5.31. The number of benzene rings is 1. The van der Waals surface area contributed by atoms with Crippen LogP contribution in [0.4, 0.5) is 0 Å². The monoisotopic (exact) mass is 629 g/mol. The molecule has 1 aliphatic heterocycles. The lowest BCUT2D eigenvalue weighted by Gasteiger charge is -2.25. The molecule has 0 bridgehead atoms. The highest BCUT2D eigenvalue weighted by atomic mass is 79.9. The van der Waals surface area contributed by atoms with Gasteiger partial charge < -0.3 is 19.1 Å². The Labute approximate surface area is 234 Å². The summed E-state index contributed by atoms with van der Waals surface area (Å²) in [5.74, 6) is -0.421. The van der Waals surface area contributed by atoms with Crippen LogP contribution in [0, 0.1) is 5.41 Å². The minimum absolute atomic E-state index is 0.00421. The number of aliphatic hydroxyl groups excluding tert-OH is 1. The molecule has 1 aromatic heterocycles. The van der Waals surface area contributed by atoms with E-state index in [0.717, 1.165) is 4.57 Å². The van der Waals surface area contributed by atoms with Gasteiger partial charge in [0.15, 0.2) is 0 Å². The van der Waals surface area contributed by atoms with Gasteiger partial charge in [-0.3, -0.25) is 23.7 Å². The van der Waals surface area contributed by atoms with Gasteiger partial charge in [-0.1, -0.05) is 54.9 Å². The predicted molar refractivity (Wildman–Crippen MR) is 147 cm³/mol. The van der Waals surface area contributed by atoms with Crippen LogP contribution in [-0.2, 0) is 23.4 Å². The van der Waals surface area contributed by atoms with Gasteiger partial charge in [-0.2, -0.15) is 5.09 Å². The molecular weight excluding hydrogens is 597 g/mol. The number of aliphatic hydroxyl groups is 1. The van der Waals surface area contributed by atoms with Crippen LogP contribution in [0.1, 0.15) is 45.9 Å². The number of rotatable bonds is 11. The maximum Gasteiger partial charge on any atom is 0.459 e. The first-order valence-electron chi connectivity index (χ1n) is 12.2. The number of halogens is 1. The van der Waals surface area contributed by atoms with Gasteiger partial charge in [0, 0.05) is 12.6 Å². The third-order valence-corrected chi connectivity index (χ3v) is 7.39. The second kappa shape index (κ2) is 13.2. The average Bonchev–Trinajstić information content (AvgIpc) is 3.23. The number of aromatic amines is 1. The molecule has 5 atom stereocenters. The molecule has 3 N–H and O–H groups in total. The van der Waals surface area contributed by atoms with Crippen molar-refractivity contribution in [2.24, 2.45) is 5.41 Å². The maximum absolute atomic E-state index is 13.7. The normalized spacial score (nSPS) is 21.9. The zero-order valence-electron chi connectivity index (χ0n) is 22.0. The van der Waals surface area contributed by atoms with Gasteiger partial charge in [0.05, 0.1) is 24.9 Å². The van der Waals surface area contributed by atoms with Crippen molar-refractivity contribution >= 4 is 35.7 Å². The van der Waals surface area contributed by atoms with E-state index in [2.05, 4.69) is 26.0 Å². The van der Waals surface area contributed by atoms with E-state index >= 15 is 0 Å². The number of hydrogen-bond donors (Lipinski definition) is 3. The number of carbonyl (C=O) groups is 1. The van der Waals surface area contributed by atoms with Gasteiger partial charge in [0.1, 0.15) is 24.1 Å². The first kappa shape index (κ1) is 31.0. The van der Waals surface area contributed by atoms with Crippen molar-refractivity contribution in [3.8, 4) is 5.75 Å². The highest BCUT2D eigenvalue weighted by Gasteiger charge is 2.39. The molecule has 12 nitrogen and oxygen atoms in total. The standard InChI is InChI=1S/C25H33BrN3O9P/c1-16(23(32)35-15-25(2,3)4)28-39(34,38-18-8-6-5-7-9-18)36-14-20-19(30)12-21(37-20)29-13-17(10-11-26)22(31)27-24(29)33/h5-11,13,16,19-21,30H,12,14-15H2,1-4H3,(H,28,34)(H,27,31,33)/t16-,19?,20?,21?,39?/m0/s1. The van der Waals surface area contributed by atoms with Crippen molar-refractivity contribution in [1.82, 2.24) is 14.6 Å². The highest BCUT2D eigenvalue weighted by molar-refractivity contribution is 9.11. The maximum atomic E-state index is 13.7. The summed E-state index contributed by atoms with van der Waals surface area (Å²) in [7, 11) is -4.19. The summed E-state index contributed by atoms with van der Waals surface area (Å²) in [6.45, 7) is 6.95. The Hall–Kier alpha value is -2.54. The Morgan fingerprint density at radius 2 is 2.03 bits per heavy atom. The molecule has 0 aliphatic carbocycles. The molecule has 0 radical (unpaired) electrons. The van der Waals surface area contributed by atoms with Gasteiger partial charge in [0.25, 0.3) is 5.56 Å². The van der Waals surface area contributed by atoms with Crippen molar-refractivity contribution in [2.75, 3.05) is 13.2 Å². The Bertz CT molecular complexity index is 1320. The number of nitrogens with zero attached hydrogens (tertiary/aromatic N) is 1. The Morgan fingerprint density at radius 1 is 1.33 bits per heavy atom. The lowest BCUT2D eigenvalue weighted by atomic mass is 9.99. The van der Waals surface area contributed by atoms with E-state index in [1.54, 1.807) is 30.3 Å². The predicted octanol–water partition coefficient (Wildman–Crippen LogP) is 3.32. The molecule has 0 amide bonds. The van der Waals surface area contributed by atoms with Crippen LogP contribution in [-0.4, -0.2) is 52.1 Å². The smallest absolute Gasteiger partial charge is 0.459 e. The number of carbonyl (C=O) groups excluding carboxylic acids is 1. The van der Waals surface area contributed by atoms with E-state index in [4.69, 9.17) is 18.5 Å². The van der Waals surface area contributed by atoms with Crippen molar-refractivity contribution < 1.29 is 33.0 Å². The molecule has 214 valence electrons. The van der Waals surface area contributed by atoms with E-state index in [9.17, 15) is 24.1 Å². The molecule has 1 saturated heterocycles. The van der Waals surface area contributed by atoms with Gasteiger partial charge in [-0.25, -0.2) is 9.36 Å². The lowest BCUT2D eigenvalue weighted by molar-refractivity contribution is -0.148. The van der Waals surface area contributed by atoms with Crippen LogP contribution in [0.2, 0.25) is 0 Å². The quantitative estimate of drug-likeness (QED) is 0.249. The number of aromatic nitrogens is 2. The summed E-state index contributed by atoms with van der Waals surface area (Å²) in [6.07, 6.45) is -0.240. The third-order valence-electron chi connectivity index (χ3n) is 5.48. The van der Waals surface area contributed by atoms with Crippen molar-refractivity contribution in [2.45, 2.75) is 58.6 Å². The second-order valence-electron chi connectivity index (χ2n) is 10.2. The number of ether oxygens (including phenoxy) is 2. The summed E-state index contributed by atoms with van der Waals surface area (Å²) >= 11 is 3.09.